The van der Waals surface area contributed by atoms with Gasteiger partial charge in [0.1, 0.15) is 0 Å². The first-order valence-corrected chi connectivity index (χ1v) is 9.59. The molecule has 0 saturated heterocycles. The zero-order valence-corrected chi connectivity index (χ0v) is 16.9. The Morgan fingerprint density at radius 1 is 0.963 bits per heavy atom. The summed E-state index contributed by atoms with van der Waals surface area (Å²) < 4.78 is 5.58. The van der Waals surface area contributed by atoms with Gasteiger partial charge in [0, 0.05) is 12.1 Å². The molecule has 1 aromatic heterocycles. The molecule has 0 radical (unpaired) electrons. The lowest BCUT2D eigenvalue weighted by Crippen LogP contribution is -2.10. The van der Waals surface area contributed by atoms with Crippen molar-refractivity contribution in [3.63, 3.8) is 0 Å². The quantitative estimate of drug-likeness (QED) is 0.582. The Morgan fingerprint density at radius 3 is 2.37 bits per heavy atom. The zero-order chi connectivity index (χ0) is 19.4. The van der Waals surface area contributed by atoms with Crippen LogP contribution in [0.1, 0.15) is 49.3 Å². The van der Waals surface area contributed by atoms with Gasteiger partial charge in [0.15, 0.2) is 0 Å². The number of hydrogen-bond acceptors (Lipinski definition) is 4. The van der Waals surface area contributed by atoms with Gasteiger partial charge in [-0.2, -0.15) is 4.98 Å². The van der Waals surface area contributed by atoms with E-state index in [4.69, 9.17) is 4.52 Å². The maximum absolute atomic E-state index is 5.58. The normalized spacial score (nSPS) is 12.7. The van der Waals surface area contributed by atoms with Crippen LogP contribution in [0.5, 0.6) is 0 Å². The zero-order valence-electron chi connectivity index (χ0n) is 16.9. The minimum Gasteiger partial charge on any atom is -0.338 e. The second-order valence-electron chi connectivity index (χ2n) is 7.96. The molecule has 27 heavy (non-hydrogen) atoms. The summed E-state index contributed by atoms with van der Waals surface area (Å²) in [4.78, 5) is 6.80. The molecule has 1 unspecified atom stereocenters. The number of rotatable bonds is 7. The van der Waals surface area contributed by atoms with Crippen molar-refractivity contribution in [1.82, 2.24) is 15.0 Å². The van der Waals surface area contributed by atoms with Gasteiger partial charge in [-0.15, -0.1) is 0 Å². The second-order valence-corrected chi connectivity index (χ2v) is 7.96. The van der Waals surface area contributed by atoms with Gasteiger partial charge in [-0.05, 0) is 56.1 Å². The molecule has 2 aromatic carbocycles. The molecule has 3 aromatic rings. The maximum Gasteiger partial charge on any atom is 0.234 e. The van der Waals surface area contributed by atoms with Crippen molar-refractivity contribution in [3.8, 4) is 11.4 Å². The molecule has 0 amide bonds. The summed E-state index contributed by atoms with van der Waals surface area (Å²) in [6.07, 6.45) is 1.10. The van der Waals surface area contributed by atoms with Gasteiger partial charge in [-0.1, -0.05) is 61.5 Å². The average Bonchev–Trinajstić information content (AvgIpc) is 3.11. The van der Waals surface area contributed by atoms with Crippen molar-refractivity contribution >= 4 is 0 Å². The minimum atomic E-state index is 0.0734. The molecule has 4 heteroatoms. The van der Waals surface area contributed by atoms with Crippen LogP contribution in [0.3, 0.4) is 0 Å². The third-order valence-electron chi connectivity index (χ3n) is 4.62. The lowest BCUT2D eigenvalue weighted by atomic mass is 9.97. The number of nitrogens with zero attached hydrogens (tertiary/aromatic N) is 3. The van der Waals surface area contributed by atoms with E-state index in [9.17, 15) is 0 Å². The van der Waals surface area contributed by atoms with Crippen LogP contribution in [0.2, 0.25) is 0 Å². The third-order valence-corrected chi connectivity index (χ3v) is 4.62. The van der Waals surface area contributed by atoms with Gasteiger partial charge in [0.25, 0.3) is 0 Å². The summed E-state index contributed by atoms with van der Waals surface area (Å²) in [6, 6.07) is 17.1. The van der Waals surface area contributed by atoms with E-state index in [1.54, 1.807) is 0 Å². The standard InChI is InChI=1S/C23H29N3O/c1-16(2)13-18-9-11-20(12-10-18)17(3)23-24-22(25-27-23)21-8-6-7-19(14-21)15-26(4)5/h6-12,14,16-17H,13,15H2,1-5H3. The SMILES string of the molecule is CC(C)Cc1ccc(C(C)c2nc(-c3cccc(CN(C)C)c3)no2)cc1. The highest BCUT2D eigenvalue weighted by Crippen LogP contribution is 2.26. The highest BCUT2D eigenvalue weighted by molar-refractivity contribution is 5.55. The monoisotopic (exact) mass is 363 g/mol. The van der Waals surface area contributed by atoms with Gasteiger partial charge < -0.3 is 9.42 Å². The van der Waals surface area contributed by atoms with Gasteiger partial charge in [0.2, 0.25) is 11.7 Å². The van der Waals surface area contributed by atoms with E-state index in [0.29, 0.717) is 17.6 Å². The van der Waals surface area contributed by atoms with Gasteiger partial charge in [-0.25, -0.2) is 0 Å². The molecule has 0 fully saturated rings. The van der Waals surface area contributed by atoms with Gasteiger partial charge >= 0.3 is 0 Å². The topological polar surface area (TPSA) is 42.2 Å². The largest absolute Gasteiger partial charge is 0.338 e. The van der Waals surface area contributed by atoms with E-state index >= 15 is 0 Å². The van der Waals surface area contributed by atoms with Gasteiger partial charge in [-0.3, -0.25) is 0 Å². The van der Waals surface area contributed by atoms with E-state index in [0.717, 1.165) is 18.5 Å². The highest BCUT2D eigenvalue weighted by atomic mass is 16.5. The predicted octanol–water partition coefficient (Wildman–Crippen LogP) is 5.15. The Balaban J connectivity index is 1.77. The van der Waals surface area contributed by atoms with E-state index in [1.165, 1.54) is 16.7 Å². The smallest absolute Gasteiger partial charge is 0.234 e. The first-order valence-electron chi connectivity index (χ1n) is 9.59. The van der Waals surface area contributed by atoms with Crippen molar-refractivity contribution in [2.45, 2.75) is 39.7 Å². The fraction of sp³-hybridized carbons (Fsp3) is 0.391. The van der Waals surface area contributed by atoms with Crippen LogP contribution in [0, 0.1) is 5.92 Å². The maximum atomic E-state index is 5.58. The third kappa shape index (κ3) is 5.04. The van der Waals surface area contributed by atoms with Crippen molar-refractivity contribution in [2.75, 3.05) is 14.1 Å². The molecule has 0 aliphatic carbocycles. The fourth-order valence-electron chi connectivity index (χ4n) is 3.26. The molecule has 1 heterocycles. The van der Waals surface area contributed by atoms with Gasteiger partial charge in [0.05, 0.1) is 5.92 Å². The average molecular weight is 364 g/mol. The molecular weight excluding hydrogens is 334 g/mol. The fourth-order valence-corrected chi connectivity index (χ4v) is 3.26. The van der Waals surface area contributed by atoms with Crippen LogP contribution in [0.15, 0.2) is 53.1 Å². The number of hydrogen-bond donors (Lipinski definition) is 0. The molecule has 0 N–H and O–H groups in total. The van der Waals surface area contributed by atoms with Crippen LogP contribution in [0.25, 0.3) is 11.4 Å². The Kier molecular flexibility index (Phi) is 6.07. The molecule has 1 atom stereocenters. The van der Waals surface area contributed by atoms with E-state index < -0.39 is 0 Å². The first-order chi connectivity index (χ1) is 12.9. The molecule has 0 aliphatic heterocycles. The van der Waals surface area contributed by atoms with Crippen LogP contribution in [0.4, 0.5) is 0 Å². The Morgan fingerprint density at radius 2 is 1.70 bits per heavy atom. The summed E-state index contributed by atoms with van der Waals surface area (Å²) >= 11 is 0. The first kappa shape index (κ1) is 19.3. The Bertz CT molecular complexity index is 865. The number of benzene rings is 2. The molecule has 0 spiro atoms. The summed E-state index contributed by atoms with van der Waals surface area (Å²) in [5, 5.41) is 4.21. The van der Waals surface area contributed by atoms with Crippen LogP contribution >= 0.6 is 0 Å². The molecule has 4 nitrogen and oxygen atoms in total. The van der Waals surface area contributed by atoms with Crippen molar-refractivity contribution in [3.05, 3.63) is 71.1 Å². The van der Waals surface area contributed by atoms with E-state index in [1.807, 2.05) is 12.1 Å². The second kappa shape index (κ2) is 8.49. The lowest BCUT2D eigenvalue weighted by Gasteiger charge is -2.10. The Labute approximate surface area is 162 Å². The summed E-state index contributed by atoms with van der Waals surface area (Å²) in [5.41, 5.74) is 4.78. The van der Waals surface area contributed by atoms with Crippen LogP contribution in [-0.2, 0) is 13.0 Å². The highest BCUT2D eigenvalue weighted by Gasteiger charge is 2.17. The van der Waals surface area contributed by atoms with Crippen molar-refractivity contribution in [1.29, 1.82) is 0 Å². The molecule has 0 bridgehead atoms. The predicted molar refractivity (Wildman–Crippen MR) is 110 cm³/mol. The molecule has 3 rings (SSSR count). The van der Waals surface area contributed by atoms with E-state index in [-0.39, 0.29) is 5.92 Å². The lowest BCUT2D eigenvalue weighted by molar-refractivity contribution is 0.371. The molecular formula is C23H29N3O. The Hall–Kier alpha value is -2.46. The molecule has 0 aliphatic rings. The van der Waals surface area contributed by atoms with Crippen LogP contribution in [-0.4, -0.2) is 29.1 Å². The summed E-state index contributed by atoms with van der Waals surface area (Å²) in [7, 11) is 4.13. The summed E-state index contributed by atoms with van der Waals surface area (Å²) in [6.45, 7) is 7.48. The van der Waals surface area contributed by atoms with E-state index in [2.05, 4.69) is 86.3 Å². The van der Waals surface area contributed by atoms with Crippen molar-refractivity contribution < 1.29 is 4.52 Å². The van der Waals surface area contributed by atoms with Crippen LogP contribution < -0.4 is 0 Å². The summed E-state index contributed by atoms with van der Waals surface area (Å²) in [5.74, 6) is 2.04. The molecule has 142 valence electrons. The minimum absolute atomic E-state index is 0.0734. The van der Waals surface area contributed by atoms with Crippen molar-refractivity contribution in [2.24, 2.45) is 5.92 Å². The number of aromatic nitrogens is 2. The molecule has 0 saturated carbocycles.